The molecule has 6 nitrogen and oxygen atoms in total. The lowest BCUT2D eigenvalue weighted by atomic mass is 9.97. The van der Waals surface area contributed by atoms with E-state index in [4.69, 9.17) is 9.29 Å². The highest BCUT2D eigenvalue weighted by molar-refractivity contribution is 7.86. The van der Waals surface area contributed by atoms with Crippen LogP contribution in [0.1, 0.15) is 18.4 Å². The fourth-order valence-corrected chi connectivity index (χ4v) is 3.39. The molecule has 1 aliphatic heterocycles. The first-order chi connectivity index (χ1) is 9.90. The zero-order valence-corrected chi connectivity index (χ0v) is 12.8. The maximum Gasteiger partial charge on any atom is 0.292 e. The summed E-state index contributed by atoms with van der Waals surface area (Å²) in [6.45, 7) is 2.17. The summed E-state index contributed by atoms with van der Waals surface area (Å²) in [6, 6.07) is 7.81. The second-order valence-electron chi connectivity index (χ2n) is 5.37. The van der Waals surface area contributed by atoms with Gasteiger partial charge in [0.15, 0.2) is 5.44 Å². The first kappa shape index (κ1) is 16.2. The molecule has 1 fully saturated rings. The molecular weight excluding hydrogens is 294 g/mol. The van der Waals surface area contributed by atoms with Gasteiger partial charge in [-0.25, -0.2) is 0 Å². The second-order valence-corrected chi connectivity index (χ2v) is 6.88. The molecule has 1 aromatic carbocycles. The van der Waals surface area contributed by atoms with Crippen molar-refractivity contribution < 1.29 is 22.8 Å². The molecule has 0 aromatic heterocycles. The Kier molecular flexibility index (Phi) is 5.21. The fraction of sp³-hybridized carbons (Fsp3) is 0.571. The standard InChI is InChI=1S/C14H21NO5S/c1-20-13-4-2-11(3-5-13)10-15-8-6-12(7-9-15)14(16)21(17,18)19/h2-5,12,14,16H,6-10H2,1H3,(H,17,18,19). The minimum absolute atomic E-state index is 0.396. The molecule has 0 spiro atoms. The molecule has 2 rings (SSSR count). The van der Waals surface area contributed by atoms with E-state index < -0.39 is 21.5 Å². The van der Waals surface area contributed by atoms with Gasteiger partial charge in [0, 0.05) is 12.5 Å². The smallest absolute Gasteiger partial charge is 0.292 e. The summed E-state index contributed by atoms with van der Waals surface area (Å²) < 4.78 is 35.9. The highest BCUT2D eigenvalue weighted by Gasteiger charge is 2.32. The third kappa shape index (κ3) is 4.41. The van der Waals surface area contributed by atoms with Crippen molar-refractivity contribution in [2.75, 3.05) is 20.2 Å². The SMILES string of the molecule is COc1ccc(CN2CCC(C(O)S(=O)(=O)O)CC2)cc1. The summed E-state index contributed by atoms with van der Waals surface area (Å²) in [4.78, 5) is 2.20. The Labute approximate surface area is 125 Å². The Morgan fingerprint density at radius 2 is 1.86 bits per heavy atom. The normalized spacial score (nSPS) is 19.4. The van der Waals surface area contributed by atoms with Crippen molar-refractivity contribution in [3.8, 4) is 5.75 Å². The fourth-order valence-electron chi connectivity index (χ4n) is 2.63. The van der Waals surface area contributed by atoms with Crippen LogP contribution in [0.25, 0.3) is 0 Å². The average molecular weight is 315 g/mol. The monoisotopic (exact) mass is 315 g/mol. The van der Waals surface area contributed by atoms with Crippen LogP contribution >= 0.6 is 0 Å². The van der Waals surface area contributed by atoms with Crippen LogP contribution in [-0.2, 0) is 16.7 Å². The van der Waals surface area contributed by atoms with Gasteiger partial charge in [0.25, 0.3) is 10.1 Å². The predicted molar refractivity (Wildman–Crippen MR) is 78.6 cm³/mol. The minimum atomic E-state index is -4.36. The van der Waals surface area contributed by atoms with Gasteiger partial charge in [0.1, 0.15) is 5.75 Å². The Morgan fingerprint density at radius 3 is 2.33 bits per heavy atom. The number of likely N-dealkylation sites (tertiary alicyclic amines) is 1. The van der Waals surface area contributed by atoms with Crippen molar-refractivity contribution in [2.45, 2.75) is 24.8 Å². The van der Waals surface area contributed by atoms with Crippen LogP contribution in [0, 0.1) is 5.92 Å². The maximum atomic E-state index is 10.9. The van der Waals surface area contributed by atoms with Crippen LogP contribution in [0.3, 0.4) is 0 Å². The molecule has 0 bridgehead atoms. The van der Waals surface area contributed by atoms with Gasteiger partial charge in [-0.2, -0.15) is 8.42 Å². The highest BCUT2D eigenvalue weighted by atomic mass is 32.2. The van der Waals surface area contributed by atoms with E-state index in [2.05, 4.69) is 4.90 Å². The molecule has 1 saturated heterocycles. The molecule has 1 aromatic rings. The first-order valence-electron chi connectivity index (χ1n) is 6.90. The van der Waals surface area contributed by atoms with Crippen LogP contribution < -0.4 is 4.74 Å². The molecule has 1 heterocycles. The Hall–Kier alpha value is -1.15. The molecule has 0 saturated carbocycles. The van der Waals surface area contributed by atoms with E-state index >= 15 is 0 Å². The summed E-state index contributed by atoms with van der Waals surface area (Å²) in [6.07, 6.45) is 1.11. The lowest BCUT2D eigenvalue weighted by Crippen LogP contribution is -2.40. The van der Waals surface area contributed by atoms with E-state index in [0.717, 1.165) is 17.9 Å². The van der Waals surface area contributed by atoms with Gasteiger partial charge >= 0.3 is 0 Å². The van der Waals surface area contributed by atoms with Gasteiger partial charge in [-0.3, -0.25) is 9.45 Å². The molecular formula is C14H21NO5S. The molecule has 118 valence electrons. The summed E-state index contributed by atoms with van der Waals surface area (Å²) in [7, 11) is -2.74. The van der Waals surface area contributed by atoms with Crippen molar-refractivity contribution in [1.29, 1.82) is 0 Å². The van der Waals surface area contributed by atoms with E-state index in [1.165, 1.54) is 0 Å². The van der Waals surface area contributed by atoms with Gasteiger partial charge < -0.3 is 9.84 Å². The topological polar surface area (TPSA) is 87.1 Å². The van der Waals surface area contributed by atoms with Crippen molar-refractivity contribution in [2.24, 2.45) is 5.92 Å². The number of rotatable bonds is 5. The second kappa shape index (κ2) is 6.74. The molecule has 0 aliphatic carbocycles. The Bertz CT molecular complexity index is 549. The first-order valence-corrected chi connectivity index (χ1v) is 8.40. The van der Waals surface area contributed by atoms with Gasteiger partial charge in [-0.1, -0.05) is 12.1 Å². The van der Waals surface area contributed by atoms with Crippen molar-refractivity contribution in [1.82, 2.24) is 4.90 Å². The summed E-state index contributed by atoms with van der Waals surface area (Å²) >= 11 is 0. The van der Waals surface area contributed by atoms with Crippen LogP contribution in [0.15, 0.2) is 24.3 Å². The largest absolute Gasteiger partial charge is 0.497 e. The van der Waals surface area contributed by atoms with Crippen LogP contribution in [0.5, 0.6) is 5.75 Å². The lowest BCUT2D eigenvalue weighted by Gasteiger charge is -2.33. The summed E-state index contributed by atoms with van der Waals surface area (Å²) in [5.74, 6) is 0.417. The number of hydrogen-bond donors (Lipinski definition) is 2. The van der Waals surface area contributed by atoms with Crippen LogP contribution in [-0.4, -0.2) is 48.6 Å². The molecule has 1 unspecified atom stereocenters. The molecule has 7 heteroatoms. The Balaban J connectivity index is 1.86. The number of benzene rings is 1. The van der Waals surface area contributed by atoms with Gasteiger partial charge in [0.2, 0.25) is 0 Å². The van der Waals surface area contributed by atoms with E-state index in [0.29, 0.717) is 25.9 Å². The number of piperidine rings is 1. The van der Waals surface area contributed by atoms with Crippen LogP contribution in [0.4, 0.5) is 0 Å². The van der Waals surface area contributed by atoms with Gasteiger partial charge in [-0.05, 0) is 43.6 Å². The average Bonchev–Trinajstić information content (AvgIpc) is 2.47. The third-order valence-electron chi connectivity index (χ3n) is 3.91. The van der Waals surface area contributed by atoms with Gasteiger partial charge in [0.05, 0.1) is 7.11 Å². The van der Waals surface area contributed by atoms with Crippen molar-refractivity contribution in [3.63, 3.8) is 0 Å². The molecule has 21 heavy (non-hydrogen) atoms. The molecule has 1 atom stereocenters. The molecule has 2 N–H and O–H groups in total. The molecule has 0 amide bonds. The van der Waals surface area contributed by atoms with E-state index in [1.54, 1.807) is 7.11 Å². The highest BCUT2D eigenvalue weighted by Crippen LogP contribution is 2.24. The number of aliphatic hydroxyl groups excluding tert-OH is 1. The van der Waals surface area contributed by atoms with E-state index in [1.807, 2.05) is 24.3 Å². The van der Waals surface area contributed by atoms with Gasteiger partial charge in [-0.15, -0.1) is 0 Å². The van der Waals surface area contributed by atoms with Crippen LogP contribution in [0.2, 0.25) is 0 Å². The number of hydrogen-bond acceptors (Lipinski definition) is 5. The number of methoxy groups -OCH3 is 1. The molecule has 0 radical (unpaired) electrons. The quantitative estimate of drug-likeness (QED) is 0.792. The summed E-state index contributed by atoms with van der Waals surface area (Å²) in [5.41, 5.74) is -0.509. The molecule has 1 aliphatic rings. The lowest BCUT2D eigenvalue weighted by molar-refractivity contribution is 0.0982. The Morgan fingerprint density at radius 1 is 1.29 bits per heavy atom. The third-order valence-corrected chi connectivity index (χ3v) is 4.90. The van der Waals surface area contributed by atoms with E-state index in [9.17, 15) is 13.5 Å². The zero-order chi connectivity index (χ0) is 15.5. The van der Waals surface area contributed by atoms with E-state index in [-0.39, 0.29) is 0 Å². The summed E-state index contributed by atoms with van der Waals surface area (Å²) in [5, 5.41) is 9.57. The number of nitrogens with zero attached hydrogens (tertiary/aromatic N) is 1. The van der Waals surface area contributed by atoms with Crippen molar-refractivity contribution in [3.05, 3.63) is 29.8 Å². The predicted octanol–water partition coefficient (Wildman–Crippen LogP) is 1.11. The zero-order valence-electron chi connectivity index (χ0n) is 12.0. The number of aliphatic hydroxyl groups is 1. The number of ether oxygens (including phenoxy) is 1. The maximum absolute atomic E-state index is 10.9. The van der Waals surface area contributed by atoms with Crippen molar-refractivity contribution >= 4 is 10.1 Å². The minimum Gasteiger partial charge on any atom is -0.497 e.